The molecular formula is C40H58Cl3N5O4. The topological polar surface area (TPSA) is 96.4 Å². The molecule has 3 aromatic carbocycles. The average Bonchev–Trinajstić information content (AvgIpc) is 3.11. The maximum absolute atomic E-state index is 12.8. The van der Waals surface area contributed by atoms with Gasteiger partial charge in [-0.1, -0.05) is 79.2 Å². The normalized spacial score (nSPS) is 13.0. The molecule has 1 heterocycles. The molecule has 0 radical (unpaired) electrons. The van der Waals surface area contributed by atoms with Crippen LogP contribution in [0.4, 0.5) is 10.5 Å². The van der Waals surface area contributed by atoms with E-state index in [-0.39, 0.29) is 55.0 Å². The number of para-hydroxylation sites is 1. The van der Waals surface area contributed by atoms with E-state index in [1.807, 2.05) is 85.7 Å². The number of carbonyl (C=O) groups is 3. The highest BCUT2D eigenvalue weighted by Crippen LogP contribution is 2.34. The Morgan fingerprint density at radius 3 is 2.10 bits per heavy atom. The summed E-state index contributed by atoms with van der Waals surface area (Å²) >= 11 is 0. The van der Waals surface area contributed by atoms with Gasteiger partial charge in [-0.05, 0) is 76.5 Å². The Bertz CT molecular complexity index is 1470. The highest BCUT2D eigenvalue weighted by Gasteiger charge is 2.30. The van der Waals surface area contributed by atoms with Crippen molar-refractivity contribution >= 4 is 60.7 Å². The molecular weight excluding hydrogens is 721 g/mol. The van der Waals surface area contributed by atoms with Gasteiger partial charge in [-0.15, -0.1) is 37.2 Å². The van der Waals surface area contributed by atoms with Crippen molar-refractivity contribution in [2.75, 3.05) is 65.3 Å². The van der Waals surface area contributed by atoms with E-state index >= 15 is 0 Å². The number of anilines is 1. The molecule has 0 saturated carbocycles. The number of unbranched alkanes of at least 4 members (excludes halogenated alkanes) is 2. The lowest BCUT2D eigenvalue weighted by molar-refractivity contribution is -0.130. The number of carbonyl (C=O) groups excluding carboxylic acids is 2. The lowest BCUT2D eigenvalue weighted by atomic mass is 9.98. The summed E-state index contributed by atoms with van der Waals surface area (Å²) in [6.07, 6.45) is 5.48. The van der Waals surface area contributed by atoms with Crippen LogP contribution in [0.25, 0.3) is 11.1 Å². The van der Waals surface area contributed by atoms with Gasteiger partial charge in [-0.3, -0.25) is 14.5 Å². The number of hydrogen-bond acceptors (Lipinski definition) is 6. The summed E-state index contributed by atoms with van der Waals surface area (Å²) in [5.41, 5.74) is 4.64. The van der Waals surface area contributed by atoms with E-state index in [2.05, 4.69) is 34.3 Å². The van der Waals surface area contributed by atoms with E-state index in [9.17, 15) is 19.5 Å². The van der Waals surface area contributed by atoms with Gasteiger partial charge in [0.15, 0.2) is 5.78 Å². The first kappa shape index (κ1) is 46.8. The molecule has 1 aliphatic heterocycles. The molecule has 0 aromatic heterocycles. The van der Waals surface area contributed by atoms with Crippen molar-refractivity contribution in [2.24, 2.45) is 0 Å². The van der Waals surface area contributed by atoms with Gasteiger partial charge in [0.05, 0.1) is 5.69 Å². The molecule has 12 heteroatoms. The number of likely N-dealkylation sites (tertiary alicyclic amines) is 1. The van der Waals surface area contributed by atoms with Crippen LogP contribution in [-0.4, -0.2) is 104 Å². The van der Waals surface area contributed by atoms with Crippen LogP contribution in [0.3, 0.4) is 0 Å². The van der Waals surface area contributed by atoms with Gasteiger partial charge in [-0.2, -0.15) is 0 Å². The monoisotopic (exact) mass is 777 g/mol. The Morgan fingerprint density at radius 2 is 1.44 bits per heavy atom. The molecule has 288 valence electrons. The standard InChI is InChI=1S/C40H55N5O4.3ClH/c1-41-25-12-17-38(46)34-21-19-32(20-22-34)31-42(2)26-11-5-8-18-39(47)43(3)29-30-44-27-23-35(24-28-44)45(40(48)49)37-16-10-9-15-36(37)33-13-6-4-7-14-33;;;/h4,6-7,9-10,13-16,19-22,35,41H,5,8,11-12,17-18,23-31H2,1-3H3,(H,48,49);3*1H. The summed E-state index contributed by atoms with van der Waals surface area (Å²) in [4.78, 5) is 45.7. The van der Waals surface area contributed by atoms with E-state index in [1.54, 1.807) is 4.90 Å². The van der Waals surface area contributed by atoms with E-state index in [1.165, 1.54) is 5.56 Å². The second kappa shape index (κ2) is 24.9. The second-order valence-electron chi connectivity index (χ2n) is 13.3. The highest BCUT2D eigenvalue weighted by atomic mass is 35.5. The van der Waals surface area contributed by atoms with Gasteiger partial charge in [0.1, 0.15) is 0 Å². The number of likely N-dealkylation sites (N-methyl/N-ethyl adjacent to an activating group) is 1. The number of piperidine rings is 1. The summed E-state index contributed by atoms with van der Waals surface area (Å²) in [5.74, 6) is 0.375. The fourth-order valence-electron chi connectivity index (χ4n) is 6.60. The minimum absolute atomic E-state index is 0. The minimum Gasteiger partial charge on any atom is -0.465 e. The molecule has 0 unspecified atom stereocenters. The van der Waals surface area contributed by atoms with E-state index in [0.29, 0.717) is 19.4 Å². The molecule has 9 nitrogen and oxygen atoms in total. The third-order valence-corrected chi connectivity index (χ3v) is 9.54. The van der Waals surface area contributed by atoms with Gasteiger partial charge in [0, 0.05) is 69.8 Å². The van der Waals surface area contributed by atoms with Crippen molar-refractivity contribution in [1.82, 2.24) is 20.0 Å². The van der Waals surface area contributed by atoms with Gasteiger partial charge in [0.25, 0.3) is 0 Å². The number of ketones is 1. The van der Waals surface area contributed by atoms with Gasteiger partial charge < -0.3 is 25.1 Å². The number of rotatable bonds is 19. The number of carboxylic acid groups (broad SMARTS) is 1. The molecule has 1 fully saturated rings. The Labute approximate surface area is 329 Å². The molecule has 0 atom stereocenters. The van der Waals surface area contributed by atoms with Crippen molar-refractivity contribution in [3.8, 4) is 11.1 Å². The van der Waals surface area contributed by atoms with Crippen LogP contribution < -0.4 is 10.2 Å². The smallest absolute Gasteiger partial charge is 0.412 e. The number of halogens is 3. The quantitative estimate of drug-likeness (QED) is 0.0944. The maximum atomic E-state index is 12.8. The molecule has 4 rings (SSSR count). The SMILES string of the molecule is CNCCCC(=O)c1ccc(CN(C)CCCCCC(=O)N(C)CCN2CCC(N(C(=O)O)c3ccccc3-c3ccccc3)CC2)cc1.Cl.Cl.Cl. The van der Waals surface area contributed by atoms with E-state index < -0.39 is 6.09 Å². The molecule has 2 N–H and O–H groups in total. The lowest BCUT2D eigenvalue weighted by Crippen LogP contribution is -2.48. The number of hydrogen-bond donors (Lipinski definition) is 2. The van der Waals surface area contributed by atoms with E-state index in [0.717, 1.165) is 100 Å². The van der Waals surface area contributed by atoms with Crippen molar-refractivity contribution in [3.63, 3.8) is 0 Å². The molecule has 1 aliphatic rings. The first-order chi connectivity index (χ1) is 23.8. The second-order valence-corrected chi connectivity index (χ2v) is 13.3. The third-order valence-electron chi connectivity index (χ3n) is 9.54. The fourth-order valence-corrected chi connectivity index (χ4v) is 6.60. The maximum Gasteiger partial charge on any atom is 0.412 e. The van der Waals surface area contributed by atoms with Crippen molar-refractivity contribution in [1.29, 1.82) is 0 Å². The number of nitrogens with zero attached hydrogens (tertiary/aromatic N) is 4. The number of amides is 2. The zero-order valence-electron chi connectivity index (χ0n) is 30.9. The molecule has 1 saturated heterocycles. The first-order valence-electron chi connectivity index (χ1n) is 17.8. The summed E-state index contributed by atoms with van der Waals surface area (Å²) < 4.78 is 0. The summed E-state index contributed by atoms with van der Waals surface area (Å²) in [6, 6.07) is 25.6. The number of Topliss-reactive ketones (excluding diaryl/α,β-unsaturated/α-hetero) is 1. The fraction of sp³-hybridized carbons (Fsp3) is 0.475. The van der Waals surface area contributed by atoms with Crippen LogP contribution in [0.15, 0.2) is 78.9 Å². The van der Waals surface area contributed by atoms with Crippen LogP contribution in [0.1, 0.15) is 67.3 Å². The third kappa shape index (κ3) is 14.7. The molecule has 2 amide bonds. The predicted molar refractivity (Wildman–Crippen MR) is 220 cm³/mol. The Hall–Kier alpha value is -3.18. The van der Waals surface area contributed by atoms with E-state index in [4.69, 9.17) is 0 Å². The Morgan fingerprint density at radius 1 is 0.788 bits per heavy atom. The lowest BCUT2D eigenvalue weighted by Gasteiger charge is -2.38. The van der Waals surface area contributed by atoms with Crippen LogP contribution in [0.5, 0.6) is 0 Å². The van der Waals surface area contributed by atoms with Crippen LogP contribution in [0.2, 0.25) is 0 Å². The van der Waals surface area contributed by atoms with Crippen LogP contribution in [0, 0.1) is 0 Å². The summed E-state index contributed by atoms with van der Waals surface area (Å²) in [7, 11) is 5.90. The molecule has 0 aliphatic carbocycles. The zero-order chi connectivity index (χ0) is 35.0. The highest BCUT2D eigenvalue weighted by molar-refractivity contribution is 5.96. The van der Waals surface area contributed by atoms with Gasteiger partial charge in [0.2, 0.25) is 5.91 Å². The van der Waals surface area contributed by atoms with Crippen molar-refractivity contribution in [2.45, 2.75) is 64.0 Å². The first-order valence-corrected chi connectivity index (χ1v) is 17.8. The predicted octanol–water partition coefficient (Wildman–Crippen LogP) is 7.90. The van der Waals surface area contributed by atoms with Gasteiger partial charge in [-0.25, -0.2) is 4.79 Å². The molecule has 52 heavy (non-hydrogen) atoms. The molecule has 0 spiro atoms. The van der Waals surface area contributed by atoms with Crippen LogP contribution >= 0.6 is 37.2 Å². The summed E-state index contributed by atoms with van der Waals surface area (Å²) in [6.45, 7) is 5.71. The van der Waals surface area contributed by atoms with Crippen molar-refractivity contribution in [3.05, 3.63) is 90.0 Å². The Kier molecular flexibility index (Phi) is 22.5. The molecule has 0 bridgehead atoms. The number of benzene rings is 3. The minimum atomic E-state index is -0.922. The average molecular weight is 779 g/mol. The Balaban J connectivity index is 0.00000451. The van der Waals surface area contributed by atoms with Crippen molar-refractivity contribution < 1.29 is 19.5 Å². The summed E-state index contributed by atoms with van der Waals surface area (Å²) in [5, 5.41) is 13.3. The van der Waals surface area contributed by atoms with Gasteiger partial charge >= 0.3 is 6.09 Å². The largest absolute Gasteiger partial charge is 0.465 e. The van der Waals surface area contributed by atoms with Crippen LogP contribution in [-0.2, 0) is 11.3 Å². The zero-order valence-corrected chi connectivity index (χ0v) is 33.3. The molecule has 3 aromatic rings. The number of nitrogens with one attached hydrogen (secondary N) is 1.